The first kappa shape index (κ1) is 17.5. The van der Waals surface area contributed by atoms with E-state index in [1.165, 1.54) is 11.3 Å². The molecule has 1 saturated carbocycles. The summed E-state index contributed by atoms with van der Waals surface area (Å²) < 4.78 is 0. The Morgan fingerprint density at radius 2 is 1.92 bits per heavy atom. The Kier molecular flexibility index (Phi) is 4.50. The summed E-state index contributed by atoms with van der Waals surface area (Å²) in [6.45, 7) is 0. The van der Waals surface area contributed by atoms with Crippen LogP contribution >= 0.6 is 34.5 Å². The summed E-state index contributed by atoms with van der Waals surface area (Å²) in [5.74, 6) is -2.53. The normalized spacial score (nSPS) is 26.2. The van der Waals surface area contributed by atoms with Crippen molar-refractivity contribution in [1.29, 1.82) is 0 Å². The number of aliphatic carboxylic acids is 1. The number of aromatic nitrogens is 1. The molecule has 0 aliphatic heterocycles. The zero-order valence-corrected chi connectivity index (χ0v) is 15.7. The number of carbonyl (C=O) groups excluding carboxylic acids is 1. The van der Waals surface area contributed by atoms with Crippen molar-refractivity contribution in [1.82, 2.24) is 4.98 Å². The van der Waals surface area contributed by atoms with Crippen molar-refractivity contribution in [2.24, 2.45) is 23.7 Å². The number of allylic oxidation sites excluding steroid dienone is 2. The maximum Gasteiger partial charge on any atom is 0.307 e. The van der Waals surface area contributed by atoms with E-state index in [1.807, 2.05) is 12.2 Å². The molecule has 5 nitrogen and oxygen atoms in total. The molecule has 2 bridgehead atoms. The summed E-state index contributed by atoms with van der Waals surface area (Å²) in [5.41, 5.74) is 1.36. The molecule has 1 fully saturated rings. The van der Waals surface area contributed by atoms with Crippen molar-refractivity contribution in [2.45, 2.75) is 6.42 Å². The van der Waals surface area contributed by atoms with E-state index in [-0.39, 0.29) is 17.7 Å². The molecule has 1 aromatic heterocycles. The second kappa shape index (κ2) is 6.68. The van der Waals surface area contributed by atoms with Crippen molar-refractivity contribution in [3.05, 3.63) is 45.8 Å². The zero-order chi connectivity index (χ0) is 18.4. The molecule has 2 aliphatic carbocycles. The number of hydrogen-bond donors (Lipinski definition) is 2. The third-order valence-corrected chi connectivity index (χ3v) is 6.29. The van der Waals surface area contributed by atoms with Crippen LogP contribution in [-0.4, -0.2) is 22.0 Å². The highest BCUT2D eigenvalue weighted by Crippen LogP contribution is 2.48. The molecule has 4 unspecified atom stereocenters. The van der Waals surface area contributed by atoms with Gasteiger partial charge in [-0.3, -0.25) is 9.59 Å². The highest BCUT2D eigenvalue weighted by Gasteiger charge is 2.51. The van der Waals surface area contributed by atoms with E-state index in [4.69, 9.17) is 23.2 Å². The SMILES string of the molecule is O=C(O)C1C2C=CC(C2)C1C(=O)Nc1nc(-c2ccc(Cl)cc2Cl)cs1. The molecule has 2 aliphatic rings. The Labute approximate surface area is 163 Å². The number of thiazole rings is 1. The second-order valence-corrected chi connectivity index (χ2v) is 8.19. The summed E-state index contributed by atoms with van der Waals surface area (Å²) in [6, 6.07) is 5.13. The molecule has 2 aromatic rings. The fourth-order valence-corrected chi connectivity index (χ4v) is 5.08. The first-order valence-electron chi connectivity index (χ1n) is 8.07. The van der Waals surface area contributed by atoms with E-state index in [2.05, 4.69) is 10.3 Å². The van der Waals surface area contributed by atoms with Crippen LogP contribution in [0.3, 0.4) is 0 Å². The number of fused-ring (bicyclic) bond motifs is 2. The van der Waals surface area contributed by atoms with Gasteiger partial charge < -0.3 is 10.4 Å². The molecule has 1 heterocycles. The Morgan fingerprint density at radius 3 is 2.62 bits per heavy atom. The van der Waals surface area contributed by atoms with Crippen LogP contribution in [-0.2, 0) is 9.59 Å². The fraction of sp³-hybridized carbons (Fsp3) is 0.278. The highest BCUT2D eigenvalue weighted by atomic mass is 35.5. The van der Waals surface area contributed by atoms with Gasteiger partial charge in [0.05, 0.1) is 22.6 Å². The predicted molar refractivity (Wildman–Crippen MR) is 102 cm³/mol. The Hall–Kier alpha value is -1.89. The van der Waals surface area contributed by atoms with Crippen molar-refractivity contribution in [3.8, 4) is 11.3 Å². The number of nitrogens with zero attached hydrogens (tertiary/aromatic N) is 1. The molecule has 1 aromatic carbocycles. The Balaban J connectivity index is 1.53. The first-order valence-corrected chi connectivity index (χ1v) is 9.70. The summed E-state index contributed by atoms with van der Waals surface area (Å²) in [5, 5.41) is 15.5. The number of amides is 1. The molecule has 8 heteroatoms. The van der Waals surface area contributed by atoms with Crippen LogP contribution < -0.4 is 5.32 Å². The van der Waals surface area contributed by atoms with Gasteiger partial charge in [0.25, 0.3) is 0 Å². The monoisotopic (exact) mass is 408 g/mol. The summed E-state index contributed by atoms with van der Waals surface area (Å²) >= 11 is 13.4. The lowest BCUT2D eigenvalue weighted by Gasteiger charge is -2.23. The lowest BCUT2D eigenvalue weighted by atomic mass is 9.82. The Bertz CT molecular complexity index is 927. The number of rotatable bonds is 4. The molecule has 0 saturated heterocycles. The number of hydrogen-bond acceptors (Lipinski definition) is 4. The number of halogens is 2. The van der Waals surface area contributed by atoms with E-state index < -0.39 is 17.8 Å². The minimum atomic E-state index is -0.922. The third-order valence-electron chi connectivity index (χ3n) is 4.99. The number of carboxylic acids is 1. The van der Waals surface area contributed by atoms with Crippen LogP contribution in [0, 0.1) is 23.7 Å². The zero-order valence-electron chi connectivity index (χ0n) is 13.4. The van der Waals surface area contributed by atoms with E-state index in [0.29, 0.717) is 20.9 Å². The number of carbonyl (C=O) groups is 2. The predicted octanol–water partition coefficient (Wildman–Crippen LogP) is 4.58. The van der Waals surface area contributed by atoms with Gasteiger partial charge in [-0.05, 0) is 36.5 Å². The van der Waals surface area contributed by atoms with Crippen molar-refractivity contribution >= 4 is 51.5 Å². The van der Waals surface area contributed by atoms with Crippen molar-refractivity contribution < 1.29 is 14.7 Å². The minimum absolute atomic E-state index is 0.0220. The van der Waals surface area contributed by atoms with Crippen LogP contribution in [0.2, 0.25) is 10.0 Å². The molecule has 134 valence electrons. The van der Waals surface area contributed by atoms with Crippen molar-refractivity contribution in [2.75, 3.05) is 5.32 Å². The number of carboxylic acid groups (broad SMARTS) is 1. The van der Waals surface area contributed by atoms with E-state index >= 15 is 0 Å². The smallest absolute Gasteiger partial charge is 0.307 e. The fourth-order valence-electron chi connectivity index (χ4n) is 3.86. The molecule has 4 atom stereocenters. The standard InChI is InChI=1S/C18H14Cl2N2O3S/c19-10-3-4-11(12(20)6-10)13-7-26-18(21-13)22-16(23)14-8-1-2-9(5-8)15(14)17(24)25/h1-4,6-9,14-15H,5H2,(H,24,25)(H,21,22,23). The van der Waals surface area contributed by atoms with Crippen LogP contribution in [0.4, 0.5) is 5.13 Å². The molecule has 4 rings (SSSR count). The molecule has 2 N–H and O–H groups in total. The molecular formula is C18H14Cl2N2O3S. The summed E-state index contributed by atoms with van der Waals surface area (Å²) in [7, 11) is 0. The number of benzene rings is 1. The lowest BCUT2D eigenvalue weighted by Crippen LogP contribution is -2.36. The maximum absolute atomic E-state index is 12.7. The average molecular weight is 409 g/mol. The molecule has 0 radical (unpaired) electrons. The van der Waals surface area contributed by atoms with Gasteiger partial charge >= 0.3 is 5.97 Å². The van der Waals surface area contributed by atoms with Gasteiger partial charge in [0.1, 0.15) is 0 Å². The van der Waals surface area contributed by atoms with E-state index in [1.54, 1.807) is 23.6 Å². The molecule has 0 spiro atoms. The van der Waals surface area contributed by atoms with Gasteiger partial charge in [0.15, 0.2) is 5.13 Å². The quantitative estimate of drug-likeness (QED) is 0.725. The number of anilines is 1. The van der Waals surface area contributed by atoms with Crippen LogP contribution in [0.15, 0.2) is 35.7 Å². The van der Waals surface area contributed by atoms with Gasteiger partial charge in [-0.1, -0.05) is 35.4 Å². The van der Waals surface area contributed by atoms with Gasteiger partial charge in [-0.2, -0.15) is 0 Å². The highest BCUT2D eigenvalue weighted by molar-refractivity contribution is 7.14. The van der Waals surface area contributed by atoms with Gasteiger partial charge in [0.2, 0.25) is 5.91 Å². The van der Waals surface area contributed by atoms with Crippen LogP contribution in [0.1, 0.15) is 6.42 Å². The molecule has 1 amide bonds. The third kappa shape index (κ3) is 3.02. The maximum atomic E-state index is 12.7. The average Bonchev–Trinajstić information content (AvgIpc) is 3.29. The lowest BCUT2D eigenvalue weighted by molar-refractivity contribution is -0.146. The van der Waals surface area contributed by atoms with Gasteiger partial charge in [-0.15, -0.1) is 11.3 Å². The Morgan fingerprint density at radius 1 is 1.19 bits per heavy atom. The van der Waals surface area contributed by atoms with Crippen LogP contribution in [0.5, 0.6) is 0 Å². The minimum Gasteiger partial charge on any atom is -0.481 e. The van der Waals surface area contributed by atoms with Gasteiger partial charge in [-0.25, -0.2) is 4.98 Å². The summed E-state index contributed by atoms with van der Waals surface area (Å²) in [6.07, 6.45) is 4.59. The van der Waals surface area contributed by atoms with Crippen LogP contribution in [0.25, 0.3) is 11.3 Å². The topological polar surface area (TPSA) is 79.3 Å². The molecule has 26 heavy (non-hydrogen) atoms. The second-order valence-electron chi connectivity index (χ2n) is 6.49. The number of nitrogens with one attached hydrogen (secondary N) is 1. The summed E-state index contributed by atoms with van der Waals surface area (Å²) in [4.78, 5) is 28.7. The van der Waals surface area contributed by atoms with E-state index in [9.17, 15) is 14.7 Å². The van der Waals surface area contributed by atoms with Gasteiger partial charge in [0, 0.05) is 16.0 Å². The van der Waals surface area contributed by atoms with E-state index in [0.717, 1.165) is 12.0 Å². The largest absolute Gasteiger partial charge is 0.481 e. The van der Waals surface area contributed by atoms with Crippen molar-refractivity contribution in [3.63, 3.8) is 0 Å². The first-order chi connectivity index (χ1) is 12.4. The molecular weight excluding hydrogens is 395 g/mol.